The number of hydrogen-bond acceptors (Lipinski definition) is 1. The molecule has 0 saturated carbocycles. The number of nitrogens with one attached hydrogen (secondary N) is 1. The van der Waals surface area contributed by atoms with Crippen LogP contribution in [0.5, 0.6) is 0 Å². The van der Waals surface area contributed by atoms with E-state index < -0.39 is 0 Å². The van der Waals surface area contributed by atoms with Gasteiger partial charge in [-0.3, -0.25) is 0 Å². The van der Waals surface area contributed by atoms with Crippen molar-refractivity contribution in [1.29, 1.82) is 0 Å². The number of benzene rings is 2. The molecule has 0 heterocycles. The molecule has 19 heavy (non-hydrogen) atoms. The Morgan fingerprint density at radius 1 is 1.16 bits per heavy atom. The Bertz CT molecular complexity index is 551. The lowest BCUT2D eigenvalue weighted by Gasteiger charge is -2.15. The molecule has 0 saturated heterocycles. The molecule has 0 unspecified atom stereocenters. The van der Waals surface area contributed by atoms with Crippen molar-refractivity contribution in [2.24, 2.45) is 0 Å². The monoisotopic (exact) mass is 321 g/mol. The van der Waals surface area contributed by atoms with E-state index in [1.807, 2.05) is 12.1 Å². The van der Waals surface area contributed by atoms with Crippen LogP contribution in [-0.2, 0) is 6.54 Å². The van der Waals surface area contributed by atoms with E-state index in [-0.39, 0.29) is 11.9 Å². The van der Waals surface area contributed by atoms with Gasteiger partial charge >= 0.3 is 0 Å². The molecule has 0 bridgehead atoms. The fraction of sp³-hybridized carbons (Fsp3) is 0.250. The summed E-state index contributed by atoms with van der Waals surface area (Å²) in [5.41, 5.74) is 3.55. The first-order valence-corrected chi connectivity index (χ1v) is 7.09. The molecule has 0 aliphatic heterocycles. The molecule has 0 spiro atoms. The molecule has 0 radical (unpaired) electrons. The standard InChI is InChI=1S/C16H17BrFN/c1-11-3-4-14(16(17)9-11)10-19-12(2)13-5-7-15(18)8-6-13/h3-9,12,19H,10H2,1-2H3/t12-/m1/s1. The van der Waals surface area contributed by atoms with Crippen molar-refractivity contribution in [1.82, 2.24) is 5.32 Å². The summed E-state index contributed by atoms with van der Waals surface area (Å²) >= 11 is 3.57. The van der Waals surface area contributed by atoms with Crippen molar-refractivity contribution >= 4 is 15.9 Å². The highest BCUT2D eigenvalue weighted by atomic mass is 79.9. The van der Waals surface area contributed by atoms with Gasteiger partial charge in [-0.25, -0.2) is 4.39 Å². The Kier molecular flexibility index (Phi) is 4.72. The van der Waals surface area contributed by atoms with Gasteiger partial charge in [0.2, 0.25) is 0 Å². The van der Waals surface area contributed by atoms with Gasteiger partial charge in [-0.2, -0.15) is 0 Å². The molecule has 2 rings (SSSR count). The summed E-state index contributed by atoms with van der Waals surface area (Å²) in [6.45, 7) is 4.93. The maximum atomic E-state index is 12.9. The van der Waals surface area contributed by atoms with E-state index in [0.29, 0.717) is 0 Å². The first kappa shape index (κ1) is 14.2. The Hall–Kier alpha value is -1.19. The lowest BCUT2D eigenvalue weighted by molar-refractivity contribution is 0.570. The molecule has 0 aliphatic rings. The fourth-order valence-corrected chi connectivity index (χ4v) is 2.56. The van der Waals surface area contributed by atoms with Crippen LogP contribution in [0.25, 0.3) is 0 Å². The van der Waals surface area contributed by atoms with Gasteiger partial charge in [0.1, 0.15) is 5.82 Å². The molecule has 0 aromatic heterocycles. The van der Waals surface area contributed by atoms with Crippen LogP contribution in [-0.4, -0.2) is 0 Å². The highest BCUT2D eigenvalue weighted by Crippen LogP contribution is 2.20. The third-order valence-corrected chi connectivity index (χ3v) is 3.92. The van der Waals surface area contributed by atoms with E-state index >= 15 is 0 Å². The Morgan fingerprint density at radius 2 is 1.84 bits per heavy atom. The molecule has 3 heteroatoms. The van der Waals surface area contributed by atoms with Gasteiger partial charge in [-0.1, -0.05) is 40.2 Å². The number of hydrogen-bond donors (Lipinski definition) is 1. The summed E-state index contributed by atoms with van der Waals surface area (Å²) < 4.78 is 14.0. The minimum absolute atomic E-state index is 0.189. The van der Waals surface area contributed by atoms with Crippen molar-refractivity contribution in [3.05, 3.63) is 69.4 Å². The van der Waals surface area contributed by atoms with E-state index in [1.165, 1.54) is 23.3 Å². The molecule has 1 N–H and O–H groups in total. The topological polar surface area (TPSA) is 12.0 Å². The molecular weight excluding hydrogens is 305 g/mol. The van der Waals surface area contributed by atoms with Crippen LogP contribution < -0.4 is 5.32 Å². The minimum Gasteiger partial charge on any atom is -0.306 e. The molecule has 100 valence electrons. The van der Waals surface area contributed by atoms with Gasteiger partial charge in [0, 0.05) is 17.1 Å². The largest absolute Gasteiger partial charge is 0.306 e. The minimum atomic E-state index is -0.197. The second-order valence-electron chi connectivity index (χ2n) is 4.75. The van der Waals surface area contributed by atoms with E-state index in [4.69, 9.17) is 0 Å². The number of halogens is 2. The zero-order valence-corrected chi connectivity index (χ0v) is 12.7. The number of rotatable bonds is 4. The normalized spacial score (nSPS) is 12.4. The van der Waals surface area contributed by atoms with Crippen LogP contribution in [0.4, 0.5) is 4.39 Å². The van der Waals surface area contributed by atoms with E-state index in [1.54, 1.807) is 0 Å². The highest BCUT2D eigenvalue weighted by Gasteiger charge is 2.06. The fourth-order valence-electron chi connectivity index (χ4n) is 1.93. The third-order valence-electron chi connectivity index (χ3n) is 3.18. The third kappa shape index (κ3) is 3.88. The quantitative estimate of drug-likeness (QED) is 0.857. The molecule has 0 fully saturated rings. The summed E-state index contributed by atoms with van der Waals surface area (Å²) in [6, 6.07) is 13.1. The van der Waals surface area contributed by atoms with Gasteiger partial charge in [0.25, 0.3) is 0 Å². The first-order chi connectivity index (χ1) is 9.06. The van der Waals surface area contributed by atoms with Crippen LogP contribution in [0.2, 0.25) is 0 Å². The van der Waals surface area contributed by atoms with E-state index in [2.05, 4.69) is 53.3 Å². The van der Waals surface area contributed by atoms with Crippen molar-refractivity contribution in [2.75, 3.05) is 0 Å². The summed E-state index contributed by atoms with van der Waals surface area (Å²) in [5, 5.41) is 3.44. The zero-order valence-electron chi connectivity index (χ0n) is 11.1. The van der Waals surface area contributed by atoms with Crippen LogP contribution in [0.15, 0.2) is 46.9 Å². The first-order valence-electron chi connectivity index (χ1n) is 6.30. The molecule has 2 aromatic carbocycles. The Balaban J connectivity index is 2.00. The van der Waals surface area contributed by atoms with Crippen molar-refractivity contribution < 1.29 is 4.39 Å². The summed E-state index contributed by atoms with van der Waals surface area (Å²) in [4.78, 5) is 0. The van der Waals surface area contributed by atoms with Crippen LogP contribution in [0.1, 0.15) is 29.7 Å². The number of aryl methyl sites for hydroxylation is 1. The van der Waals surface area contributed by atoms with Crippen molar-refractivity contribution in [2.45, 2.75) is 26.4 Å². The summed E-state index contributed by atoms with van der Waals surface area (Å²) in [7, 11) is 0. The van der Waals surface area contributed by atoms with E-state index in [9.17, 15) is 4.39 Å². The summed E-state index contributed by atoms with van der Waals surface area (Å²) in [6.07, 6.45) is 0. The smallest absolute Gasteiger partial charge is 0.123 e. The maximum Gasteiger partial charge on any atom is 0.123 e. The molecule has 1 atom stereocenters. The van der Waals surface area contributed by atoms with Gasteiger partial charge in [0.15, 0.2) is 0 Å². The lowest BCUT2D eigenvalue weighted by atomic mass is 10.1. The molecule has 2 aromatic rings. The molecule has 1 nitrogen and oxygen atoms in total. The second kappa shape index (κ2) is 6.31. The average Bonchev–Trinajstić information content (AvgIpc) is 2.38. The predicted octanol–water partition coefficient (Wildman–Crippen LogP) is 4.75. The van der Waals surface area contributed by atoms with Crippen molar-refractivity contribution in [3.63, 3.8) is 0 Å². The van der Waals surface area contributed by atoms with Crippen LogP contribution in [0, 0.1) is 12.7 Å². The second-order valence-corrected chi connectivity index (χ2v) is 5.60. The van der Waals surface area contributed by atoms with Crippen LogP contribution >= 0.6 is 15.9 Å². The van der Waals surface area contributed by atoms with Gasteiger partial charge < -0.3 is 5.32 Å². The van der Waals surface area contributed by atoms with Crippen LogP contribution in [0.3, 0.4) is 0 Å². The summed E-state index contributed by atoms with van der Waals surface area (Å²) in [5.74, 6) is -0.197. The molecule has 0 amide bonds. The van der Waals surface area contributed by atoms with Gasteiger partial charge in [-0.15, -0.1) is 0 Å². The average molecular weight is 322 g/mol. The van der Waals surface area contributed by atoms with Gasteiger partial charge in [-0.05, 0) is 48.7 Å². The predicted molar refractivity (Wildman–Crippen MR) is 80.5 cm³/mol. The highest BCUT2D eigenvalue weighted by molar-refractivity contribution is 9.10. The maximum absolute atomic E-state index is 12.9. The molecular formula is C16H17BrFN. The van der Waals surface area contributed by atoms with Gasteiger partial charge in [0.05, 0.1) is 0 Å². The van der Waals surface area contributed by atoms with Crippen molar-refractivity contribution in [3.8, 4) is 0 Å². The van der Waals surface area contributed by atoms with E-state index in [0.717, 1.165) is 16.6 Å². The Labute approximate surface area is 122 Å². The zero-order chi connectivity index (χ0) is 13.8. The molecule has 0 aliphatic carbocycles. The Morgan fingerprint density at radius 3 is 2.47 bits per heavy atom. The SMILES string of the molecule is Cc1ccc(CN[C@H](C)c2ccc(F)cc2)c(Br)c1. The lowest BCUT2D eigenvalue weighted by Crippen LogP contribution is -2.18.